The van der Waals surface area contributed by atoms with Crippen molar-refractivity contribution in [1.82, 2.24) is 5.32 Å². The zero-order valence-electron chi connectivity index (χ0n) is 15.2. The lowest BCUT2D eigenvalue weighted by Crippen LogP contribution is -2.38. The summed E-state index contributed by atoms with van der Waals surface area (Å²) in [5, 5.41) is 3.11. The molecule has 1 amide bonds. The van der Waals surface area contributed by atoms with Gasteiger partial charge in [0.25, 0.3) is 5.91 Å². The predicted octanol–water partition coefficient (Wildman–Crippen LogP) is 4.17. The number of carbonyl (C=O) groups is 1. The van der Waals surface area contributed by atoms with Crippen molar-refractivity contribution in [3.05, 3.63) is 54.1 Å². The molecule has 26 heavy (non-hydrogen) atoms. The van der Waals surface area contributed by atoms with E-state index in [1.165, 1.54) is 0 Å². The summed E-state index contributed by atoms with van der Waals surface area (Å²) < 4.78 is 16.3. The maximum absolute atomic E-state index is 12.4. The number of carbonyl (C=O) groups excluding carboxylic acids is 1. The van der Waals surface area contributed by atoms with Gasteiger partial charge in [-0.3, -0.25) is 4.79 Å². The van der Waals surface area contributed by atoms with Crippen LogP contribution in [0.15, 0.2) is 48.5 Å². The molecule has 1 N–H and O–H groups in total. The second-order valence-electron chi connectivity index (χ2n) is 6.48. The summed E-state index contributed by atoms with van der Waals surface area (Å²) in [4.78, 5) is 12.4. The number of ether oxygens (including phenoxy) is 3. The number of amides is 1. The Morgan fingerprint density at radius 3 is 1.92 bits per heavy atom. The van der Waals surface area contributed by atoms with Gasteiger partial charge in [-0.25, -0.2) is 0 Å². The first-order valence-electron chi connectivity index (χ1n) is 8.93. The molecule has 2 aromatic carbocycles. The quantitative estimate of drug-likeness (QED) is 0.845. The van der Waals surface area contributed by atoms with E-state index in [0.717, 1.165) is 37.2 Å². The topological polar surface area (TPSA) is 56.8 Å². The Balaban J connectivity index is 1.54. The number of hydrogen-bond acceptors (Lipinski definition) is 4. The van der Waals surface area contributed by atoms with Gasteiger partial charge in [0.15, 0.2) is 0 Å². The fourth-order valence-electron chi connectivity index (χ4n) is 3.17. The number of nitrogens with one attached hydrogen (secondary N) is 1. The molecule has 0 aromatic heterocycles. The third-order valence-corrected chi connectivity index (χ3v) is 4.75. The molecule has 138 valence electrons. The van der Waals surface area contributed by atoms with Crippen LogP contribution in [-0.2, 0) is 4.74 Å². The van der Waals surface area contributed by atoms with Crippen LogP contribution in [0.3, 0.4) is 0 Å². The highest BCUT2D eigenvalue weighted by molar-refractivity contribution is 5.94. The molecule has 0 aliphatic heterocycles. The van der Waals surface area contributed by atoms with Crippen molar-refractivity contribution in [2.45, 2.75) is 37.8 Å². The van der Waals surface area contributed by atoms with E-state index in [1.54, 1.807) is 38.5 Å². The lowest BCUT2D eigenvalue weighted by Gasteiger charge is -2.28. The highest BCUT2D eigenvalue weighted by Gasteiger charge is 2.22. The predicted molar refractivity (Wildman–Crippen MR) is 100 cm³/mol. The molecule has 1 aliphatic carbocycles. The molecule has 1 saturated carbocycles. The molecule has 5 heteroatoms. The van der Waals surface area contributed by atoms with Crippen LogP contribution in [0.1, 0.15) is 36.0 Å². The van der Waals surface area contributed by atoms with Crippen molar-refractivity contribution in [1.29, 1.82) is 0 Å². The van der Waals surface area contributed by atoms with Gasteiger partial charge in [0.1, 0.15) is 17.2 Å². The van der Waals surface area contributed by atoms with E-state index in [2.05, 4.69) is 5.32 Å². The molecule has 0 saturated heterocycles. The minimum absolute atomic E-state index is 0.0399. The molecule has 2 aromatic rings. The van der Waals surface area contributed by atoms with E-state index in [4.69, 9.17) is 14.2 Å². The Morgan fingerprint density at radius 2 is 1.38 bits per heavy atom. The van der Waals surface area contributed by atoms with Crippen molar-refractivity contribution in [3.8, 4) is 17.2 Å². The third kappa shape index (κ3) is 4.76. The van der Waals surface area contributed by atoms with E-state index in [0.29, 0.717) is 17.4 Å². The summed E-state index contributed by atoms with van der Waals surface area (Å²) in [7, 11) is 3.38. The first kappa shape index (κ1) is 18.3. The molecular weight excluding hydrogens is 330 g/mol. The van der Waals surface area contributed by atoms with Crippen LogP contribution in [0.4, 0.5) is 0 Å². The van der Waals surface area contributed by atoms with Gasteiger partial charge in [-0.2, -0.15) is 0 Å². The van der Waals surface area contributed by atoms with Crippen LogP contribution in [0, 0.1) is 0 Å². The van der Waals surface area contributed by atoms with E-state index < -0.39 is 0 Å². The summed E-state index contributed by atoms with van der Waals surface area (Å²) in [5.74, 6) is 2.15. The standard InChI is InChI=1S/C21H25NO4/c1-24-17-9-5-16(6-10-17)22-21(23)15-3-7-19(8-4-15)26-20-13-11-18(25-2)12-14-20/h3-4,7-8,11-14,16-17H,5-6,9-10H2,1-2H3,(H,22,23). The molecule has 3 rings (SSSR count). The number of benzene rings is 2. The van der Waals surface area contributed by atoms with Gasteiger partial charge in [-0.15, -0.1) is 0 Å². The molecule has 1 aliphatic rings. The molecule has 0 bridgehead atoms. The van der Waals surface area contributed by atoms with Gasteiger partial charge in [0, 0.05) is 18.7 Å². The van der Waals surface area contributed by atoms with E-state index in [-0.39, 0.29) is 11.9 Å². The van der Waals surface area contributed by atoms with E-state index >= 15 is 0 Å². The Kier molecular flexibility index (Phi) is 6.12. The van der Waals surface area contributed by atoms with Gasteiger partial charge in [0.2, 0.25) is 0 Å². The Bertz CT molecular complexity index is 704. The largest absolute Gasteiger partial charge is 0.497 e. The maximum atomic E-state index is 12.4. The van der Waals surface area contributed by atoms with E-state index in [9.17, 15) is 4.79 Å². The molecule has 0 atom stereocenters. The number of methoxy groups -OCH3 is 2. The zero-order valence-corrected chi connectivity index (χ0v) is 15.2. The highest BCUT2D eigenvalue weighted by atomic mass is 16.5. The zero-order chi connectivity index (χ0) is 18.4. The van der Waals surface area contributed by atoms with Gasteiger partial charge in [0.05, 0.1) is 13.2 Å². The Morgan fingerprint density at radius 1 is 0.846 bits per heavy atom. The lowest BCUT2D eigenvalue weighted by atomic mass is 9.93. The van der Waals surface area contributed by atoms with Gasteiger partial charge in [-0.05, 0) is 74.2 Å². The van der Waals surface area contributed by atoms with Gasteiger partial charge >= 0.3 is 0 Å². The van der Waals surface area contributed by atoms with Gasteiger partial charge < -0.3 is 19.5 Å². The minimum atomic E-state index is -0.0399. The SMILES string of the molecule is COc1ccc(Oc2ccc(C(=O)NC3CCC(OC)CC3)cc2)cc1. The normalized spacial score (nSPS) is 19.6. The highest BCUT2D eigenvalue weighted by Crippen LogP contribution is 2.24. The van der Waals surface area contributed by atoms with Crippen molar-refractivity contribution in [3.63, 3.8) is 0 Å². The van der Waals surface area contributed by atoms with Crippen molar-refractivity contribution >= 4 is 5.91 Å². The second kappa shape index (κ2) is 8.72. The van der Waals surface area contributed by atoms with Crippen LogP contribution in [-0.4, -0.2) is 32.3 Å². The Hall–Kier alpha value is -2.53. The summed E-state index contributed by atoms with van der Waals surface area (Å²) in [5.41, 5.74) is 0.640. The number of hydrogen-bond donors (Lipinski definition) is 1. The molecule has 0 heterocycles. The maximum Gasteiger partial charge on any atom is 0.251 e. The molecule has 0 unspecified atom stereocenters. The Labute approximate surface area is 154 Å². The summed E-state index contributed by atoms with van der Waals surface area (Å²) in [6, 6.07) is 14.8. The van der Waals surface area contributed by atoms with Gasteiger partial charge in [-0.1, -0.05) is 0 Å². The monoisotopic (exact) mass is 355 g/mol. The summed E-state index contributed by atoms with van der Waals surface area (Å²) in [6.45, 7) is 0. The minimum Gasteiger partial charge on any atom is -0.497 e. The molecule has 0 spiro atoms. The van der Waals surface area contributed by atoms with Crippen LogP contribution in [0.5, 0.6) is 17.2 Å². The van der Waals surface area contributed by atoms with Crippen molar-refractivity contribution in [2.24, 2.45) is 0 Å². The average molecular weight is 355 g/mol. The fraction of sp³-hybridized carbons (Fsp3) is 0.381. The first-order valence-corrected chi connectivity index (χ1v) is 8.93. The van der Waals surface area contributed by atoms with Crippen LogP contribution >= 0.6 is 0 Å². The van der Waals surface area contributed by atoms with Crippen molar-refractivity contribution < 1.29 is 19.0 Å². The molecule has 0 radical (unpaired) electrons. The smallest absolute Gasteiger partial charge is 0.251 e. The van der Waals surface area contributed by atoms with E-state index in [1.807, 2.05) is 24.3 Å². The first-order chi connectivity index (χ1) is 12.7. The van der Waals surface area contributed by atoms with Crippen LogP contribution in [0.25, 0.3) is 0 Å². The van der Waals surface area contributed by atoms with Crippen molar-refractivity contribution in [2.75, 3.05) is 14.2 Å². The fourth-order valence-corrected chi connectivity index (χ4v) is 3.17. The summed E-state index contributed by atoms with van der Waals surface area (Å²) in [6.07, 6.45) is 4.25. The average Bonchev–Trinajstić information content (AvgIpc) is 2.69. The lowest BCUT2D eigenvalue weighted by molar-refractivity contribution is 0.0599. The third-order valence-electron chi connectivity index (χ3n) is 4.75. The molecular formula is C21H25NO4. The summed E-state index contributed by atoms with van der Waals surface area (Å²) >= 11 is 0. The molecule has 5 nitrogen and oxygen atoms in total. The van der Waals surface area contributed by atoms with Crippen LogP contribution in [0.2, 0.25) is 0 Å². The van der Waals surface area contributed by atoms with Crippen LogP contribution < -0.4 is 14.8 Å². The molecule has 1 fully saturated rings. The second-order valence-corrected chi connectivity index (χ2v) is 6.48. The number of rotatable bonds is 6.